The van der Waals surface area contributed by atoms with E-state index in [1.807, 2.05) is 24.3 Å². The summed E-state index contributed by atoms with van der Waals surface area (Å²) in [6, 6.07) is 11.9. The Morgan fingerprint density at radius 3 is 2.65 bits per heavy atom. The van der Waals surface area contributed by atoms with E-state index in [4.69, 9.17) is 15.2 Å². The van der Waals surface area contributed by atoms with Crippen molar-refractivity contribution in [2.75, 3.05) is 7.11 Å². The van der Waals surface area contributed by atoms with Gasteiger partial charge in [0.1, 0.15) is 23.9 Å². The fraction of sp³-hybridized carbons (Fsp3) is 0.250. The molecular formula is C16H18FNO2. The van der Waals surface area contributed by atoms with E-state index in [9.17, 15) is 4.39 Å². The number of methoxy groups -OCH3 is 1. The first-order chi connectivity index (χ1) is 9.61. The van der Waals surface area contributed by atoms with Crippen LogP contribution in [0, 0.1) is 5.82 Å². The number of benzene rings is 2. The van der Waals surface area contributed by atoms with Crippen LogP contribution in [0.2, 0.25) is 0 Å². The van der Waals surface area contributed by atoms with E-state index in [-0.39, 0.29) is 5.82 Å². The molecule has 0 saturated heterocycles. The minimum absolute atomic E-state index is 0.334. The predicted octanol–water partition coefficient (Wildman–Crippen LogP) is 3.43. The standard InChI is InChI=1S/C16H18FNO2/c1-11(18)16-14(17)7-4-8-15(16)20-10-12-5-3-6-13(9-12)19-2/h3-9,11H,10,18H2,1-2H3/t11-/m1/s1. The van der Waals surface area contributed by atoms with Crippen LogP contribution in [-0.2, 0) is 6.61 Å². The quantitative estimate of drug-likeness (QED) is 0.909. The summed E-state index contributed by atoms with van der Waals surface area (Å²) >= 11 is 0. The second kappa shape index (κ2) is 6.39. The van der Waals surface area contributed by atoms with Crippen molar-refractivity contribution in [1.29, 1.82) is 0 Å². The lowest BCUT2D eigenvalue weighted by molar-refractivity contribution is 0.298. The first kappa shape index (κ1) is 14.3. The topological polar surface area (TPSA) is 44.5 Å². The van der Waals surface area contributed by atoms with Gasteiger partial charge in [-0.05, 0) is 36.8 Å². The first-order valence-electron chi connectivity index (χ1n) is 6.41. The molecule has 0 saturated carbocycles. The molecule has 0 heterocycles. The van der Waals surface area contributed by atoms with Crippen LogP contribution in [0.25, 0.3) is 0 Å². The number of hydrogen-bond acceptors (Lipinski definition) is 3. The fourth-order valence-corrected chi connectivity index (χ4v) is 2.01. The molecule has 2 N–H and O–H groups in total. The van der Waals surface area contributed by atoms with Crippen molar-refractivity contribution >= 4 is 0 Å². The Morgan fingerprint density at radius 2 is 1.95 bits per heavy atom. The molecule has 0 spiro atoms. The molecule has 0 aliphatic rings. The Labute approximate surface area is 118 Å². The van der Waals surface area contributed by atoms with Gasteiger partial charge in [-0.1, -0.05) is 18.2 Å². The highest BCUT2D eigenvalue weighted by Gasteiger charge is 2.13. The molecule has 0 unspecified atom stereocenters. The largest absolute Gasteiger partial charge is 0.497 e. The van der Waals surface area contributed by atoms with Crippen molar-refractivity contribution in [3.8, 4) is 11.5 Å². The van der Waals surface area contributed by atoms with Crippen molar-refractivity contribution < 1.29 is 13.9 Å². The number of rotatable bonds is 5. The predicted molar refractivity (Wildman–Crippen MR) is 76.3 cm³/mol. The van der Waals surface area contributed by atoms with Gasteiger partial charge in [-0.15, -0.1) is 0 Å². The Kier molecular flexibility index (Phi) is 4.58. The molecule has 0 fully saturated rings. The molecule has 3 nitrogen and oxygen atoms in total. The minimum atomic E-state index is -0.420. The van der Waals surface area contributed by atoms with Gasteiger partial charge in [-0.3, -0.25) is 0 Å². The summed E-state index contributed by atoms with van der Waals surface area (Å²) in [6.45, 7) is 2.07. The summed E-state index contributed by atoms with van der Waals surface area (Å²) < 4.78 is 24.6. The second-order valence-electron chi connectivity index (χ2n) is 4.58. The van der Waals surface area contributed by atoms with Crippen LogP contribution in [0.4, 0.5) is 4.39 Å². The molecule has 0 amide bonds. The number of ether oxygens (including phenoxy) is 2. The number of hydrogen-bond donors (Lipinski definition) is 1. The van der Waals surface area contributed by atoms with Crippen LogP contribution in [0.15, 0.2) is 42.5 Å². The monoisotopic (exact) mass is 275 g/mol. The smallest absolute Gasteiger partial charge is 0.131 e. The van der Waals surface area contributed by atoms with Gasteiger partial charge in [0, 0.05) is 11.6 Å². The lowest BCUT2D eigenvalue weighted by Gasteiger charge is -2.15. The van der Waals surface area contributed by atoms with Crippen molar-refractivity contribution in [3.63, 3.8) is 0 Å². The van der Waals surface area contributed by atoms with Gasteiger partial charge in [0.25, 0.3) is 0 Å². The van der Waals surface area contributed by atoms with Crippen molar-refractivity contribution in [1.82, 2.24) is 0 Å². The third-order valence-corrected chi connectivity index (χ3v) is 3.00. The van der Waals surface area contributed by atoms with Gasteiger partial charge in [0.2, 0.25) is 0 Å². The summed E-state index contributed by atoms with van der Waals surface area (Å²) in [7, 11) is 1.61. The molecule has 2 aromatic carbocycles. The highest BCUT2D eigenvalue weighted by atomic mass is 19.1. The van der Waals surface area contributed by atoms with Crippen LogP contribution >= 0.6 is 0 Å². The average Bonchev–Trinajstić information content (AvgIpc) is 2.45. The van der Waals surface area contributed by atoms with Crippen molar-refractivity contribution in [2.45, 2.75) is 19.6 Å². The maximum absolute atomic E-state index is 13.8. The van der Waals surface area contributed by atoms with Crippen molar-refractivity contribution in [3.05, 3.63) is 59.4 Å². The summed E-state index contributed by atoms with van der Waals surface area (Å²) in [4.78, 5) is 0. The Balaban J connectivity index is 2.16. The molecule has 0 aliphatic carbocycles. The van der Waals surface area contributed by atoms with Crippen molar-refractivity contribution in [2.24, 2.45) is 5.73 Å². The summed E-state index contributed by atoms with van der Waals surface area (Å²) in [5.74, 6) is 0.892. The number of halogens is 1. The molecule has 4 heteroatoms. The van der Waals surface area contributed by atoms with Gasteiger partial charge in [0.05, 0.1) is 7.11 Å². The second-order valence-corrected chi connectivity index (χ2v) is 4.58. The molecule has 0 radical (unpaired) electrons. The SMILES string of the molecule is COc1cccc(COc2cccc(F)c2[C@@H](C)N)c1. The Bertz CT molecular complexity index is 584. The van der Waals surface area contributed by atoms with E-state index in [1.165, 1.54) is 6.07 Å². The molecule has 106 valence electrons. The zero-order valence-electron chi connectivity index (χ0n) is 11.6. The Morgan fingerprint density at radius 1 is 1.20 bits per heavy atom. The van der Waals surface area contributed by atoms with E-state index < -0.39 is 6.04 Å². The van der Waals surface area contributed by atoms with E-state index >= 15 is 0 Å². The molecule has 0 bridgehead atoms. The molecule has 0 aliphatic heterocycles. The minimum Gasteiger partial charge on any atom is -0.497 e. The summed E-state index contributed by atoms with van der Waals surface area (Å²) in [5, 5.41) is 0. The van der Waals surface area contributed by atoms with Crippen LogP contribution < -0.4 is 15.2 Å². The van der Waals surface area contributed by atoms with Gasteiger partial charge in [0.15, 0.2) is 0 Å². The molecule has 0 aromatic heterocycles. The van der Waals surface area contributed by atoms with Gasteiger partial charge in [-0.25, -0.2) is 4.39 Å². The molecule has 20 heavy (non-hydrogen) atoms. The lowest BCUT2D eigenvalue weighted by atomic mass is 10.1. The highest BCUT2D eigenvalue weighted by Crippen LogP contribution is 2.27. The third kappa shape index (κ3) is 3.27. The fourth-order valence-electron chi connectivity index (χ4n) is 2.01. The van der Waals surface area contributed by atoms with Crippen LogP contribution in [0.3, 0.4) is 0 Å². The van der Waals surface area contributed by atoms with Gasteiger partial charge < -0.3 is 15.2 Å². The summed E-state index contributed by atoms with van der Waals surface area (Å²) in [5.41, 5.74) is 7.14. The first-order valence-corrected chi connectivity index (χ1v) is 6.41. The number of nitrogens with two attached hydrogens (primary N) is 1. The molecule has 2 aromatic rings. The molecular weight excluding hydrogens is 257 g/mol. The average molecular weight is 275 g/mol. The van der Waals surface area contributed by atoms with Gasteiger partial charge >= 0.3 is 0 Å². The normalized spacial score (nSPS) is 12.0. The van der Waals surface area contributed by atoms with E-state index in [0.717, 1.165) is 11.3 Å². The van der Waals surface area contributed by atoms with E-state index in [0.29, 0.717) is 17.9 Å². The highest BCUT2D eigenvalue weighted by molar-refractivity contribution is 5.37. The maximum atomic E-state index is 13.8. The molecule has 2 rings (SSSR count). The van der Waals surface area contributed by atoms with Crippen LogP contribution in [-0.4, -0.2) is 7.11 Å². The van der Waals surface area contributed by atoms with E-state index in [1.54, 1.807) is 26.2 Å². The lowest BCUT2D eigenvalue weighted by Crippen LogP contribution is -2.10. The van der Waals surface area contributed by atoms with Crippen LogP contribution in [0.1, 0.15) is 24.1 Å². The maximum Gasteiger partial charge on any atom is 0.131 e. The third-order valence-electron chi connectivity index (χ3n) is 3.00. The van der Waals surface area contributed by atoms with Gasteiger partial charge in [-0.2, -0.15) is 0 Å². The summed E-state index contributed by atoms with van der Waals surface area (Å²) in [6.07, 6.45) is 0. The zero-order valence-corrected chi connectivity index (χ0v) is 11.6. The zero-order chi connectivity index (χ0) is 14.5. The Hall–Kier alpha value is -2.07. The molecule has 1 atom stereocenters. The van der Waals surface area contributed by atoms with Crippen LogP contribution in [0.5, 0.6) is 11.5 Å². The van der Waals surface area contributed by atoms with E-state index in [2.05, 4.69) is 0 Å².